The van der Waals surface area contributed by atoms with Crippen molar-refractivity contribution in [3.05, 3.63) is 89.0 Å². The van der Waals surface area contributed by atoms with E-state index in [9.17, 15) is 0 Å². The lowest BCUT2D eigenvalue weighted by Crippen LogP contribution is -2.24. The summed E-state index contributed by atoms with van der Waals surface area (Å²) in [4.78, 5) is 0. The van der Waals surface area contributed by atoms with Crippen LogP contribution in [0.1, 0.15) is 22.3 Å². The van der Waals surface area contributed by atoms with Gasteiger partial charge in [-0.1, -0.05) is 77.9 Å². The van der Waals surface area contributed by atoms with Gasteiger partial charge < -0.3 is 0 Å². The van der Waals surface area contributed by atoms with E-state index in [0.717, 1.165) is 0 Å². The van der Waals surface area contributed by atoms with Crippen LogP contribution in [-0.4, -0.2) is 0 Å². The van der Waals surface area contributed by atoms with Crippen molar-refractivity contribution in [1.82, 2.24) is 0 Å². The lowest BCUT2D eigenvalue weighted by Gasteiger charge is -2.23. The number of rotatable bonds is 3. The molecule has 0 amide bonds. The van der Waals surface area contributed by atoms with E-state index in [1.807, 2.05) is 0 Å². The van der Waals surface area contributed by atoms with Gasteiger partial charge in [-0.3, -0.25) is 0 Å². The molecular formula is C22H23P. The summed E-state index contributed by atoms with van der Waals surface area (Å²) in [6.45, 7) is 8.81. The molecule has 0 bridgehead atoms. The van der Waals surface area contributed by atoms with E-state index in [2.05, 4.69) is 94.4 Å². The Morgan fingerprint density at radius 1 is 0.565 bits per heavy atom. The molecule has 0 aliphatic rings. The van der Waals surface area contributed by atoms with Gasteiger partial charge in [0.1, 0.15) is 0 Å². The van der Waals surface area contributed by atoms with Crippen LogP contribution in [0.5, 0.6) is 0 Å². The second-order valence-corrected chi connectivity index (χ2v) is 8.40. The minimum absolute atomic E-state index is 0.512. The van der Waals surface area contributed by atoms with E-state index in [1.54, 1.807) is 0 Å². The summed E-state index contributed by atoms with van der Waals surface area (Å²) in [7, 11) is -0.512. The van der Waals surface area contributed by atoms with Gasteiger partial charge in [-0.25, -0.2) is 0 Å². The Morgan fingerprint density at radius 2 is 1.04 bits per heavy atom. The third-order valence-corrected chi connectivity index (χ3v) is 6.98. The van der Waals surface area contributed by atoms with Crippen molar-refractivity contribution in [1.29, 1.82) is 0 Å². The number of hydrogen-bond donors (Lipinski definition) is 0. The summed E-state index contributed by atoms with van der Waals surface area (Å²) in [6, 6.07) is 24.7. The maximum atomic E-state index is 2.32. The molecule has 0 unspecified atom stereocenters. The van der Waals surface area contributed by atoms with Crippen LogP contribution in [0.4, 0.5) is 0 Å². The van der Waals surface area contributed by atoms with Crippen LogP contribution in [-0.2, 0) is 0 Å². The van der Waals surface area contributed by atoms with Crippen LogP contribution in [0.2, 0.25) is 0 Å². The zero-order valence-electron chi connectivity index (χ0n) is 14.3. The maximum Gasteiger partial charge on any atom is -0.0122 e. The number of hydrogen-bond acceptors (Lipinski definition) is 0. The molecule has 0 heterocycles. The molecule has 3 aromatic carbocycles. The van der Waals surface area contributed by atoms with Crippen LogP contribution >= 0.6 is 7.92 Å². The lowest BCUT2D eigenvalue weighted by atomic mass is 10.1. The molecule has 0 nitrogen and oxygen atoms in total. The maximum absolute atomic E-state index is 2.32. The predicted octanol–water partition coefficient (Wildman–Crippen LogP) is 4.68. The van der Waals surface area contributed by atoms with Crippen molar-refractivity contribution < 1.29 is 0 Å². The molecule has 0 spiro atoms. The van der Waals surface area contributed by atoms with Gasteiger partial charge >= 0.3 is 0 Å². The number of aryl methyl sites for hydroxylation is 4. The molecule has 3 aromatic rings. The van der Waals surface area contributed by atoms with Crippen LogP contribution in [0.25, 0.3) is 0 Å². The van der Waals surface area contributed by atoms with Gasteiger partial charge in [-0.2, -0.15) is 0 Å². The molecule has 0 saturated heterocycles. The Labute approximate surface area is 141 Å². The fourth-order valence-corrected chi connectivity index (χ4v) is 5.67. The highest BCUT2D eigenvalue weighted by Crippen LogP contribution is 2.35. The quantitative estimate of drug-likeness (QED) is 0.615. The fourth-order valence-electron chi connectivity index (χ4n) is 3.10. The van der Waals surface area contributed by atoms with Crippen LogP contribution < -0.4 is 15.9 Å². The van der Waals surface area contributed by atoms with Crippen molar-refractivity contribution in [3.63, 3.8) is 0 Å². The van der Waals surface area contributed by atoms with E-state index < -0.39 is 7.92 Å². The van der Waals surface area contributed by atoms with E-state index in [1.165, 1.54) is 38.2 Å². The Hall–Kier alpha value is -1.91. The van der Waals surface area contributed by atoms with Gasteiger partial charge in [0.25, 0.3) is 0 Å². The fraction of sp³-hybridized carbons (Fsp3) is 0.182. The Bertz CT molecular complexity index is 767. The van der Waals surface area contributed by atoms with Crippen molar-refractivity contribution >= 4 is 23.8 Å². The van der Waals surface area contributed by atoms with Crippen molar-refractivity contribution in [2.24, 2.45) is 0 Å². The van der Waals surface area contributed by atoms with Gasteiger partial charge in [0.15, 0.2) is 0 Å². The van der Waals surface area contributed by atoms with E-state index >= 15 is 0 Å². The van der Waals surface area contributed by atoms with Crippen molar-refractivity contribution in [2.45, 2.75) is 27.7 Å². The van der Waals surface area contributed by atoms with Crippen molar-refractivity contribution in [3.8, 4) is 0 Å². The summed E-state index contributed by atoms with van der Waals surface area (Å²) in [5.74, 6) is 0. The molecule has 0 N–H and O–H groups in total. The van der Waals surface area contributed by atoms with E-state index in [-0.39, 0.29) is 0 Å². The molecular weight excluding hydrogens is 295 g/mol. The number of benzene rings is 3. The van der Waals surface area contributed by atoms with Gasteiger partial charge in [0.05, 0.1) is 0 Å². The first kappa shape index (κ1) is 16.0. The molecule has 116 valence electrons. The second kappa shape index (κ2) is 6.69. The van der Waals surface area contributed by atoms with Gasteiger partial charge in [-0.05, 0) is 62.7 Å². The monoisotopic (exact) mass is 318 g/mol. The third kappa shape index (κ3) is 3.38. The Kier molecular flexibility index (Phi) is 4.64. The first-order chi connectivity index (χ1) is 11.1. The van der Waals surface area contributed by atoms with Crippen molar-refractivity contribution in [2.75, 3.05) is 0 Å². The largest absolute Gasteiger partial charge is 0.0622 e. The minimum atomic E-state index is -0.512. The minimum Gasteiger partial charge on any atom is -0.0622 e. The topological polar surface area (TPSA) is 0 Å². The summed E-state index contributed by atoms with van der Waals surface area (Å²) >= 11 is 0. The lowest BCUT2D eigenvalue weighted by molar-refractivity contribution is 1.40. The molecule has 0 aliphatic heterocycles. The van der Waals surface area contributed by atoms with Gasteiger partial charge in [0, 0.05) is 0 Å². The molecule has 0 radical (unpaired) electrons. The highest BCUT2D eigenvalue weighted by atomic mass is 31.1. The standard InChI is InChI=1S/C22H23P/c1-16-10-12-21(18(3)14-16)23(20-8-6-5-7-9-20)22-13-11-17(2)15-19(22)4/h5-15H,1-4H3. The molecule has 0 saturated carbocycles. The summed E-state index contributed by atoms with van der Waals surface area (Å²) < 4.78 is 0. The summed E-state index contributed by atoms with van der Waals surface area (Å²) in [6.07, 6.45) is 0. The molecule has 0 atom stereocenters. The zero-order chi connectivity index (χ0) is 16.4. The van der Waals surface area contributed by atoms with Crippen LogP contribution in [0.3, 0.4) is 0 Å². The molecule has 3 rings (SSSR count). The molecule has 0 aromatic heterocycles. The normalized spacial score (nSPS) is 11.0. The smallest absolute Gasteiger partial charge is 0.0122 e. The molecule has 1 heteroatoms. The predicted molar refractivity (Wildman–Crippen MR) is 104 cm³/mol. The average molecular weight is 318 g/mol. The Balaban J connectivity index is 2.22. The highest BCUT2D eigenvalue weighted by Gasteiger charge is 2.19. The first-order valence-electron chi connectivity index (χ1n) is 8.06. The molecule has 0 fully saturated rings. The molecule has 0 aliphatic carbocycles. The third-order valence-electron chi connectivity index (χ3n) is 4.20. The highest BCUT2D eigenvalue weighted by molar-refractivity contribution is 7.80. The summed E-state index contributed by atoms with van der Waals surface area (Å²) in [5.41, 5.74) is 5.43. The van der Waals surface area contributed by atoms with E-state index in [0.29, 0.717) is 0 Å². The van der Waals surface area contributed by atoms with Crippen LogP contribution in [0.15, 0.2) is 66.7 Å². The van der Waals surface area contributed by atoms with Gasteiger partial charge in [0.2, 0.25) is 0 Å². The van der Waals surface area contributed by atoms with Gasteiger partial charge in [-0.15, -0.1) is 0 Å². The molecule has 23 heavy (non-hydrogen) atoms. The SMILES string of the molecule is Cc1ccc(P(c2ccccc2)c2ccc(C)cc2C)c(C)c1. The summed E-state index contributed by atoms with van der Waals surface area (Å²) in [5, 5.41) is 4.34. The van der Waals surface area contributed by atoms with Crippen LogP contribution in [0, 0.1) is 27.7 Å². The first-order valence-corrected chi connectivity index (χ1v) is 9.40. The average Bonchev–Trinajstić information content (AvgIpc) is 2.52. The zero-order valence-corrected chi connectivity index (χ0v) is 15.2. The second-order valence-electron chi connectivity index (χ2n) is 6.25. The van der Waals surface area contributed by atoms with E-state index in [4.69, 9.17) is 0 Å². The Morgan fingerprint density at radius 3 is 1.48 bits per heavy atom.